The van der Waals surface area contributed by atoms with Gasteiger partial charge in [0.1, 0.15) is 6.04 Å². The summed E-state index contributed by atoms with van der Waals surface area (Å²) in [5.41, 5.74) is 0. The van der Waals surface area contributed by atoms with Gasteiger partial charge in [0.05, 0.1) is 0 Å². The number of hydrogen-bond donors (Lipinski definition) is 2. The van der Waals surface area contributed by atoms with Crippen molar-refractivity contribution in [2.24, 2.45) is 11.8 Å². The van der Waals surface area contributed by atoms with E-state index in [0.29, 0.717) is 18.3 Å². The lowest BCUT2D eigenvalue weighted by Gasteiger charge is -2.24. The molecule has 5 heteroatoms. The minimum absolute atomic E-state index is 0.0405. The monoisotopic (exact) mass is 309 g/mol. The first-order valence-electron chi connectivity index (χ1n) is 8.83. The van der Waals surface area contributed by atoms with Gasteiger partial charge in [0.15, 0.2) is 0 Å². The van der Waals surface area contributed by atoms with Gasteiger partial charge in [-0.2, -0.15) is 0 Å². The topological polar surface area (TPSA) is 61.4 Å². The second-order valence-corrected chi connectivity index (χ2v) is 6.99. The fourth-order valence-electron chi connectivity index (χ4n) is 3.78. The van der Waals surface area contributed by atoms with Crippen molar-refractivity contribution in [3.8, 4) is 0 Å². The molecule has 0 spiro atoms. The molecule has 2 unspecified atom stereocenters. The summed E-state index contributed by atoms with van der Waals surface area (Å²) in [4.78, 5) is 26.4. The average molecular weight is 309 g/mol. The number of amides is 2. The van der Waals surface area contributed by atoms with Crippen LogP contribution in [0.1, 0.15) is 51.9 Å². The van der Waals surface area contributed by atoms with Gasteiger partial charge in [-0.3, -0.25) is 9.59 Å². The van der Waals surface area contributed by atoms with E-state index in [9.17, 15) is 9.59 Å². The third kappa shape index (κ3) is 4.97. The minimum atomic E-state index is -0.399. The zero-order chi connectivity index (χ0) is 15.9. The van der Waals surface area contributed by atoms with Crippen LogP contribution in [0.15, 0.2) is 0 Å². The normalized spacial score (nSPS) is 24.3. The van der Waals surface area contributed by atoms with Crippen LogP contribution in [0.5, 0.6) is 0 Å². The van der Waals surface area contributed by atoms with E-state index in [-0.39, 0.29) is 11.8 Å². The molecule has 0 bridgehead atoms. The molecular formula is C17H31N3O2. The summed E-state index contributed by atoms with van der Waals surface area (Å²) in [6, 6.07) is -0.399. The van der Waals surface area contributed by atoms with E-state index in [1.54, 1.807) is 0 Å². The Hall–Kier alpha value is -1.10. The Morgan fingerprint density at radius 2 is 1.86 bits per heavy atom. The zero-order valence-corrected chi connectivity index (χ0v) is 14.1. The van der Waals surface area contributed by atoms with E-state index in [0.717, 1.165) is 38.9 Å². The highest BCUT2D eigenvalue weighted by Gasteiger charge is 2.29. The van der Waals surface area contributed by atoms with Crippen LogP contribution in [0.2, 0.25) is 0 Å². The molecule has 0 aromatic heterocycles. The number of carbonyl (C=O) groups is 2. The molecule has 2 atom stereocenters. The van der Waals surface area contributed by atoms with Crippen LogP contribution in [0.4, 0.5) is 0 Å². The third-order valence-electron chi connectivity index (χ3n) is 5.04. The van der Waals surface area contributed by atoms with Gasteiger partial charge in [-0.15, -0.1) is 0 Å². The number of carbonyl (C=O) groups excluding carboxylic acids is 2. The molecule has 22 heavy (non-hydrogen) atoms. The van der Waals surface area contributed by atoms with Crippen molar-refractivity contribution in [1.82, 2.24) is 15.5 Å². The molecule has 2 aliphatic rings. The molecule has 1 aliphatic heterocycles. The molecule has 2 rings (SSSR count). The third-order valence-corrected chi connectivity index (χ3v) is 5.04. The molecule has 0 aromatic carbocycles. The van der Waals surface area contributed by atoms with Gasteiger partial charge >= 0.3 is 0 Å². The fraction of sp³-hybridized carbons (Fsp3) is 0.882. The predicted octanol–water partition coefficient (Wildman–Crippen LogP) is 1.53. The average Bonchev–Trinajstić information content (AvgIpc) is 2.96. The molecule has 1 aliphatic carbocycles. The van der Waals surface area contributed by atoms with Crippen LogP contribution in [0.25, 0.3) is 0 Å². The van der Waals surface area contributed by atoms with E-state index < -0.39 is 6.04 Å². The van der Waals surface area contributed by atoms with Crippen LogP contribution < -0.4 is 10.6 Å². The molecule has 0 radical (unpaired) electrons. The van der Waals surface area contributed by atoms with Gasteiger partial charge in [0, 0.05) is 19.5 Å². The molecule has 1 saturated carbocycles. The SMILES string of the molecule is CNCC1CCN(C(=O)C(C)NC(=O)CC2CCCCC2)C1. The Labute approximate surface area is 134 Å². The van der Waals surface area contributed by atoms with Crippen molar-refractivity contribution in [3.05, 3.63) is 0 Å². The lowest BCUT2D eigenvalue weighted by atomic mass is 9.87. The Morgan fingerprint density at radius 1 is 1.14 bits per heavy atom. The van der Waals surface area contributed by atoms with Crippen LogP contribution in [-0.2, 0) is 9.59 Å². The summed E-state index contributed by atoms with van der Waals surface area (Å²) in [6.07, 6.45) is 7.74. The van der Waals surface area contributed by atoms with Gasteiger partial charge < -0.3 is 15.5 Å². The standard InChI is InChI=1S/C17H31N3O2/c1-13(17(22)20-9-8-15(12-20)11-18-2)19-16(21)10-14-6-4-3-5-7-14/h13-15,18H,3-12H2,1-2H3,(H,19,21). The first kappa shape index (κ1) is 17.3. The molecule has 1 heterocycles. The molecule has 126 valence electrons. The van der Waals surface area contributed by atoms with Crippen molar-refractivity contribution in [2.75, 3.05) is 26.7 Å². The van der Waals surface area contributed by atoms with Crippen molar-refractivity contribution in [3.63, 3.8) is 0 Å². The number of nitrogens with one attached hydrogen (secondary N) is 2. The summed E-state index contributed by atoms with van der Waals surface area (Å²) in [6.45, 7) is 4.38. The van der Waals surface area contributed by atoms with E-state index >= 15 is 0 Å². The van der Waals surface area contributed by atoms with Crippen LogP contribution in [0.3, 0.4) is 0 Å². The molecule has 2 amide bonds. The number of rotatable bonds is 6. The highest BCUT2D eigenvalue weighted by molar-refractivity contribution is 5.87. The molecule has 1 saturated heterocycles. The van der Waals surface area contributed by atoms with Gasteiger partial charge in [-0.25, -0.2) is 0 Å². The summed E-state index contributed by atoms with van der Waals surface area (Å²) < 4.78 is 0. The van der Waals surface area contributed by atoms with Crippen LogP contribution in [-0.4, -0.2) is 49.4 Å². The second-order valence-electron chi connectivity index (χ2n) is 6.99. The first-order chi connectivity index (χ1) is 10.6. The van der Waals surface area contributed by atoms with E-state index in [2.05, 4.69) is 10.6 Å². The lowest BCUT2D eigenvalue weighted by molar-refractivity contribution is -0.135. The number of likely N-dealkylation sites (tertiary alicyclic amines) is 1. The van der Waals surface area contributed by atoms with Crippen molar-refractivity contribution >= 4 is 11.8 Å². The van der Waals surface area contributed by atoms with Gasteiger partial charge in [0.2, 0.25) is 11.8 Å². The van der Waals surface area contributed by atoms with Crippen molar-refractivity contribution in [2.45, 2.75) is 57.9 Å². The maximum atomic E-state index is 12.4. The Kier molecular flexibility index (Phi) is 6.68. The second kappa shape index (κ2) is 8.51. The molecular weight excluding hydrogens is 278 g/mol. The minimum Gasteiger partial charge on any atom is -0.345 e. The largest absolute Gasteiger partial charge is 0.345 e. The number of nitrogens with zero attached hydrogens (tertiary/aromatic N) is 1. The Balaban J connectivity index is 1.72. The van der Waals surface area contributed by atoms with Crippen molar-refractivity contribution in [1.29, 1.82) is 0 Å². The fourth-order valence-corrected chi connectivity index (χ4v) is 3.78. The Bertz CT molecular complexity index is 380. The van der Waals surface area contributed by atoms with Crippen LogP contribution in [0, 0.1) is 11.8 Å². The highest BCUT2D eigenvalue weighted by Crippen LogP contribution is 2.26. The molecule has 5 nitrogen and oxygen atoms in total. The van der Waals surface area contributed by atoms with Gasteiger partial charge in [-0.1, -0.05) is 19.3 Å². The lowest BCUT2D eigenvalue weighted by Crippen LogP contribution is -2.46. The zero-order valence-electron chi connectivity index (χ0n) is 14.1. The van der Waals surface area contributed by atoms with Crippen molar-refractivity contribution < 1.29 is 9.59 Å². The Morgan fingerprint density at radius 3 is 2.55 bits per heavy atom. The molecule has 2 fully saturated rings. The summed E-state index contributed by atoms with van der Waals surface area (Å²) >= 11 is 0. The van der Waals surface area contributed by atoms with E-state index in [4.69, 9.17) is 0 Å². The maximum Gasteiger partial charge on any atom is 0.244 e. The van der Waals surface area contributed by atoms with Gasteiger partial charge in [-0.05, 0) is 51.6 Å². The van der Waals surface area contributed by atoms with E-state index in [1.165, 1.54) is 19.3 Å². The van der Waals surface area contributed by atoms with E-state index in [1.807, 2.05) is 18.9 Å². The summed E-state index contributed by atoms with van der Waals surface area (Å²) in [7, 11) is 1.94. The number of hydrogen-bond acceptors (Lipinski definition) is 3. The maximum absolute atomic E-state index is 12.4. The summed E-state index contributed by atoms with van der Waals surface area (Å²) in [5, 5.41) is 6.07. The summed E-state index contributed by atoms with van der Waals surface area (Å²) in [5.74, 6) is 1.16. The molecule has 0 aromatic rings. The first-order valence-corrected chi connectivity index (χ1v) is 8.83. The van der Waals surface area contributed by atoms with Crippen LogP contribution >= 0.6 is 0 Å². The van der Waals surface area contributed by atoms with Gasteiger partial charge in [0.25, 0.3) is 0 Å². The quantitative estimate of drug-likeness (QED) is 0.782. The molecule has 2 N–H and O–H groups in total. The highest BCUT2D eigenvalue weighted by atomic mass is 16.2. The smallest absolute Gasteiger partial charge is 0.244 e. The predicted molar refractivity (Wildman–Crippen MR) is 87.4 cm³/mol.